The number of nitrogens with zero attached hydrogens (tertiary/aromatic N) is 5. The van der Waals surface area contributed by atoms with Crippen LogP contribution in [0.15, 0.2) is 44.7 Å². The molecule has 4 heterocycles. The van der Waals surface area contributed by atoms with E-state index in [4.69, 9.17) is 4.42 Å². The lowest BCUT2D eigenvalue weighted by atomic mass is 10.0. The SMILES string of the molecule is Cn1cnnc1Sc1ccc(CN2CCCCC2c2nccs2)o1. The Morgan fingerprint density at radius 3 is 3.12 bits per heavy atom. The summed E-state index contributed by atoms with van der Waals surface area (Å²) in [6, 6.07) is 4.49. The highest BCUT2D eigenvalue weighted by atomic mass is 32.2. The summed E-state index contributed by atoms with van der Waals surface area (Å²) in [6.07, 6.45) is 7.28. The molecule has 1 atom stereocenters. The molecule has 0 amide bonds. The summed E-state index contributed by atoms with van der Waals surface area (Å²) < 4.78 is 7.89. The second-order valence-electron chi connectivity index (χ2n) is 5.90. The van der Waals surface area contributed by atoms with Gasteiger partial charge >= 0.3 is 0 Å². The molecule has 0 spiro atoms. The van der Waals surface area contributed by atoms with Crippen LogP contribution in [0.4, 0.5) is 0 Å². The summed E-state index contributed by atoms with van der Waals surface area (Å²) in [6.45, 7) is 1.92. The van der Waals surface area contributed by atoms with Crippen molar-refractivity contribution in [3.63, 3.8) is 0 Å². The van der Waals surface area contributed by atoms with E-state index in [-0.39, 0.29) is 0 Å². The van der Waals surface area contributed by atoms with Crippen LogP contribution in [-0.4, -0.2) is 31.2 Å². The first-order chi connectivity index (χ1) is 11.8. The Morgan fingerprint density at radius 1 is 1.38 bits per heavy atom. The molecular weight excluding hydrogens is 342 g/mol. The maximum absolute atomic E-state index is 6.00. The van der Waals surface area contributed by atoms with Gasteiger partial charge in [-0.15, -0.1) is 21.5 Å². The first-order valence-corrected chi connectivity index (χ1v) is 9.73. The van der Waals surface area contributed by atoms with E-state index in [1.165, 1.54) is 36.0 Å². The minimum Gasteiger partial charge on any atom is -0.453 e. The molecule has 0 radical (unpaired) electrons. The first-order valence-electron chi connectivity index (χ1n) is 8.03. The Labute approximate surface area is 148 Å². The Balaban J connectivity index is 1.45. The number of piperidine rings is 1. The Kier molecular flexibility index (Phi) is 4.68. The van der Waals surface area contributed by atoms with Gasteiger partial charge in [0.2, 0.25) is 0 Å². The average Bonchev–Trinajstić information content (AvgIpc) is 3.32. The van der Waals surface area contributed by atoms with Crippen molar-refractivity contribution in [1.29, 1.82) is 0 Å². The van der Waals surface area contributed by atoms with Gasteiger partial charge in [0, 0.05) is 18.6 Å². The van der Waals surface area contributed by atoms with Crippen molar-refractivity contribution in [2.75, 3.05) is 6.54 Å². The maximum Gasteiger partial charge on any atom is 0.198 e. The molecule has 0 bridgehead atoms. The fourth-order valence-electron chi connectivity index (χ4n) is 3.01. The van der Waals surface area contributed by atoms with Crippen molar-refractivity contribution in [3.8, 4) is 0 Å². The summed E-state index contributed by atoms with van der Waals surface area (Å²) in [7, 11) is 1.93. The minimum atomic E-state index is 0.415. The lowest BCUT2D eigenvalue weighted by Crippen LogP contribution is -2.32. The van der Waals surface area contributed by atoms with Gasteiger partial charge in [0.25, 0.3) is 0 Å². The van der Waals surface area contributed by atoms with Crippen molar-refractivity contribution in [1.82, 2.24) is 24.6 Å². The standard InChI is InChI=1S/C16H19N5OS2/c1-20-11-18-19-16(20)24-14-6-5-12(22-14)10-21-8-3-2-4-13(21)15-17-7-9-23-15/h5-7,9,11,13H,2-4,8,10H2,1H3. The van der Waals surface area contributed by atoms with E-state index in [1.54, 1.807) is 17.7 Å². The van der Waals surface area contributed by atoms with Gasteiger partial charge in [-0.3, -0.25) is 4.90 Å². The van der Waals surface area contributed by atoms with E-state index in [0.29, 0.717) is 6.04 Å². The highest BCUT2D eigenvalue weighted by molar-refractivity contribution is 7.99. The van der Waals surface area contributed by atoms with Gasteiger partial charge in [-0.25, -0.2) is 4.98 Å². The van der Waals surface area contributed by atoms with Crippen LogP contribution >= 0.6 is 23.1 Å². The smallest absolute Gasteiger partial charge is 0.198 e. The molecule has 0 aliphatic carbocycles. The van der Waals surface area contributed by atoms with Crippen molar-refractivity contribution < 1.29 is 4.42 Å². The van der Waals surface area contributed by atoms with Crippen LogP contribution in [0.2, 0.25) is 0 Å². The topological polar surface area (TPSA) is 60.0 Å². The molecule has 1 saturated heterocycles. The summed E-state index contributed by atoms with van der Waals surface area (Å²) in [5.74, 6) is 0.989. The van der Waals surface area contributed by atoms with Crippen LogP contribution in [0.1, 0.15) is 36.1 Å². The van der Waals surface area contributed by atoms with Crippen LogP contribution in [0.5, 0.6) is 0 Å². The van der Waals surface area contributed by atoms with Crippen LogP contribution < -0.4 is 0 Å². The number of aryl methyl sites for hydroxylation is 1. The predicted molar refractivity (Wildman–Crippen MR) is 93.0 cm³/mol. The van der Waals surface area contributed by atoms with E-state index in [1.807, 2.05) is 23.9 Å². The zero-order chi connectivity index (χ0) is 16.4. The molecule has 3 aromatic heterocycles. The van der Waals surface area contributed by atoms with E-state index < -0.39 is 0 Å². The van der Waals surface area contributed by atoms with Gasteiger partial charge in [-0.05, 0) is 43.3 Å². The third-order valence-electron chi connectivity index (χ3n) is 4.21. The molecule has 4 rings (SSSR count). The highest BCUT2D eigenvalue weighted by Crippen LogP contribution is 2.34. The zero-order valence-electron chi connectivity index (χ0n) is 13.5. The van der Waals surface area contributed by atoms with E-state index >= 15 is 0 Å². The van der Waals surface area contributed by atoms with E-state index in [9.17, 15) is 0 Å². The highest BCUT2D eigenvalue weighted by Gasteiger charge is 2.26. The number of thiazole rings is 1. The Hall–Kier alpha value is -1.64. The molecule has 126 valence electrons. The van der Waals surface area contributed by atoms with E-state index in [2.05, 4.69) is 31.5 Å². The second-order valence-corrected chi connectivity index (χ2v) is 7.80. The summed E-state index contributed by atoms with van der Waals surface area (Å²) in [4.78, 5) is 7.00. The fraction of sp³-hybridized carbons (Fsp3) is 0.438. The molecule has 0 saturated carbocycles. The number of rotatable bonds is 5. The largest absolute Gasteiger partial charge is 0.453 e. The number of aromatic nitrogens is 4. The van der Waals surface area contributed by atoms with E-state index in [0.717, 1.165) is 29.1 Å². The van der Waals surface area contributed by atoms with Crippen molar-refractivity contribution in [3.05, 3.63) is 40.8 Å². The number of hydrogen-bond donors (Lipinski definition) is 0. The fourth-order valence-corrected chi connectivity index (χ4v) is 4.56. The molecule has 0 aromatic carbocycles. The monoisotopic (exact) mass is 361 g/mol. The number of hydrogen-bond acceptors (Lipinski definition) is 7. The van der Waals surface area contributed by atoms with Gasteiger partial charge in [-0.2, -0.15) is 0 Å². The molecule has 1 aliphatic heterocycles. The van der Waals surface area contributed by atoms with Gasteiger partial charge < -0.3 is 8.98 Å². The summed E-state index contributed by atoms with van der Waals surface area (Å²) >= 11 is 3.24. The number of furan rings is 1. The molecule has 8 heteroatoms. The van der Waals surface area contributed by atoms with Gasteiger partial charge in [0.05, 0.1) is 12.6 Å². The Bertz CT molecular complexity index is 782. The zero-order valence-corrected chi connectivity index (χ0v) is 15.1. The predicted octanol–water partition coefficient (Wildman–Crippen LogP) is 3.74. The summed E-state index contributed by atoms with van der Waals surface area (Å²) in [5, 5.41) is 12.9. The third-order valence-corrected chi connectivity index (χ3v) is 6.06. The maximum atomic E-state index is 6.00. The average molecular weight is 361 g/mol. The van der Waals surface area contributed by atoms with Gasteiger partial charge in [0.15, 0.2) is 10.2 Å². The molecule has 0 N–H and O–H groups in total. The Morgan fingerprint density at radius 2 is 2.33 bits per heavy atom. The normalized spacial score (nSPS) is 19.0. The molecular formula is C16H19N5OS2. The summed E-state index contributed by atoms with van der Waals surface area (Å²) in [5.41, 5.74) is 0. The van der Waals surface area contributed by atoms with Crippen molar-refractivity contribution in [2.45, 2.75) is 42.1 Å². The van der Waals surface area contributed by atoms with Gasteiger partial charge in [-0.1, -0.05) is 6.42 Å². The van der Waals surface area contributed by atoms with Crippen molar-refractivity contribution >= 4 is 23.1 Å². The van der Waals surface area contributed by atoms with Crippen LogP contribution in [0, 0.1) is 0 Å². The molecule has 24 heavy (non-hydrogen) atoms. The van der Waals surface area contributed by atoms with Crippen LogP contribution in [-0.2, 0) is 13.6 Å². The minimum absolute atomic E-state index is 0.415. The molecule has 6 nitrogen and oxygen atoms in total. The van der Waals surface area contributed by atoms with Crippen molar-refractivity contribution in [2.24, 2.45) is 7.05 Å². The van der Waals surface area contributed by atoms with Gasteiger partial charge in [0.1, 0.15) is 17.1 Å². The lowest BCUT2D eigenvalue weighted by molar-refractivity contribution is 0.128. The molecule has 1 aliphatic rings. The van der Waals surface area contributed by atoms with Crippen LogP contribution in [0.25, 0.3) is 0 Å². The third kappa shape index (κ3) is 3.40. The molecule has 1 unspecified atom stereocenters. The lowest BCUT2D eigenvalue weighted by Gasteiger charge is -2.33. The molecule has 1 fully saturated rings. The molecule has 3 aromatic rings. The first kappa shape index (κ1) is 15.9. The number of likely N-dealkylation sites (tertiary alicyclic amines) is 1. The second kappa shape index (κ2) is 7.08. The van der Waals surface area contributed by atoms with Crippen LogP contribution in [0.3, 0.4) is 0 Å². The quantitative estimate of drug-likeness (QED) is 0.690.